The van der Waals surface area contributed by atoms with Crippen LogP contribution in [-0.4, -0.2) is 28.9 Å². The molecule has 6 nitrogen and oxygen atoms in total. The molecule has 0 bridgehead atoms. The number of aromatic carboxylic acids is 1. The number of carboxylic acids is 1. The standard InChI is InChI=1S/C22H16BrNO5/c23-19-10-12(9-17(20(19)25)21(26)27)24-22(28)29-11-18-15-7-3-1-5-13(15)14-6-2-4-8-16(14)18/h1-10,18,25H,11H2,(H,24,28)(H,26,27). The minimum absolute atomic E-state index is 0.0747. The van der Waals surface area contributed by atoms with Crippen LogP contribution >= 0.6 is 15.9 Å². The molecule has 3 aromatic carbocycles. The van der Waals surface area contributed by atoms with Gasteiger partial charge >= 0.3 is 12.1 Å². The van der Waals surface area contributed by atoms with Gasteiger partial charge in [-0.1, -0.05) is 48.5 Å². The summed E-state index contributed by atoms with van der Waals surface area (Å²) in [6.07, 6.45) is -0.708. The molecule has 0 unspecified atom stereocenters. The van der Waals surface area contributed by atoms with Crippen molar-refractivity contribution in [3.8, 4) is 16.9 Å². The van der Waals surface area contributed by atoms with E-state index in [-0.39, 0.29) is 28.2 Å². The molecule has 29 heavy (non-hydrogen) atoms. The molecular weight excluding hydrogens is 438 g/mol. The highest BCUT2D eigenvalue weighted by Gasteiger charge is 2.29. The molecule has 4 rings (SSSR count). The zero-order valence-electron chi connectivity index (χ0n) is 15.1. The number of carbonyl (C=O) groups excluding carboxylic acids is 1. The van der Waals surface area contributed by atoms with E-state index in [1.807, 2.05) is 36.4 Å². The van der Waals surface area contributed by atoms with Crippen molar-refractivity contribution in [3.63, 3.8) is 0 Å². The zero-order chi connectivity index (χ0) is 20.5. The summed E-state index contributed by atoms with van der Waals surface area (Å²) in [4.78, 5) is 23.5. The molecule has 0 aliphatic heterocycles. The molecule has 0 saturated heterocycles. The maximum atomic E-state index is 12.3. The van der Waals surface area contributed by atoms with Crippen LogP contribution in [0, 0.1) is 0 Å². The quantitative estimate of drug-likeness (QED) is 0.471. The fourth-order valence-electron chi connectivity index (χ4n) is 3.59. The van der Waals surface area contributed by atoms with Crippen molar-refractivity contribution in [1.82, 2.24) is 0 Å². The summed E-state index contributed by atoms with van der Waals surface area (Å²) >= 11 is 3.08. The Morgan fingerprint density at radius 1 is 1.00 bits per heavy atom. The van der Waals surface area contributed by atoms with E-state index in [4.69, 9.17) is 9.84 Å². The number of carbonyl (C=O) groups is 2. The highest BCUT2D eigenvalue weighted by molar-refractivity contribution is 9.10. The van der Waals surface area contributed by atoms with Crippen LogP contribution in [0.15, 0.2) is 65.1 Å². The topological polar surface area (TPSA) is 95.9 Å². The largest absolute Gasteiger partial charge is 0.506 e. The third-order valence-corrected chi connectivity index (χ3v) is 5.49. The number of benzene rings is 3. The van der Waals surface area contributed by atoms with E-state index in [0.29, 0.717) is 0 Å². The molecule has 3 N–H and O–H groups in total. The van der Waals surface area contributed by atoms with E-state index in [1.54, 1.807) is 0 Å². The predicted octanol–water partition coefficient (Wildman–Crippen LogP) is 5.21. The molecule has 3 aromatic rings. The first-order chi connectivity index (χ1) is 14.0. The van der Waals surface area contributed by atoms with Crippen molar-refractivity contribution in [3.05, 3.63) is 81.8 Å². The fourth-order valence-corrected chi connectivity index (χ4v) is 4.05. The first kappa shape index (κ1) is 19.0. The van der Waals surface area contributed by atoms with Crippen LogP contribution in [0.5, 0.6) is 5.75 Å². The second-order valence-electron chi connectivity index (χ2n) is 6.61. The molecule has 1 amide bonds. The summed E-state index contributed by atoms with van der Waals surface area (Å²) in [7, 11) is 0. The molecule has 0 spiro atoms. The Hall–Kier alpha value is -3.32. The molecule has 0 saturated carbocycles. The lowest BCUT2D eigenvalue weighted by Crippen LogP contribution is -2.18. The van der Waals surface area contributed by atoms with Crippen LogP contribution in [-0.2, 0) is 4.74 Å². The SMILES string of the molecule is O=C(Nc1cc(Br)c(O)c(C(=O)O)c1)OCC1c2ccccc2-c2ccccc21. The van der Waals surface area contributed by atoms with Gasteiger partial charge in [0, 0.05) is 11.6 Å². The van der Waals surface area contributed by atoms with E-state index in [0.717, 1.165) is 22.3 Å². The molecule has 0 heterocycles. The normalized spacial score (nSPS) is 12.2. The monoisotopic (exact) mass is 453 g/mol. The van der Waals surface area contributed by atoms with E-state index in [1.165, 1.54) is 12.1 Å². The maximum Gasteiger partial charge on any atom is 0.411 e. The molecule has 0 fully saturated rings. The van der Waals surface area contributed by atoms with Gasteiger partial charge < -0.3 is 14.9 Å². The van der Waals surface area contributed by atoms with E-state index < -0.39 is 17.8 Å². The Labute approximate surface area is 174 Å². The van der Waals surface area contributed by atoms with Gasteiger partial charge in [-0.25, -0.2) is 9.59 Å². The van der Waals surface area contributed by atoms with Crippen LogP contribution in [0.25, 0.3) is 11.1 Å². The minimum atomic E-state index is -1.31. The smallest absolute Gasteiger partial charge is 0.411 e. The number of anilines is 1. The second-order valence-corrected chi connectivity index (χ2v) is 7.46. The van der Waals surface area contributed by atoms with Crippen molar-refractivity contribution >= 4 is 33.7 Å². The highest BCUT2D eigenvalue weighted by Crippen LogP contribution is 2.44. The molecule has 146 valence electrons. The third kappa shape index (κ3) is 3.56. The summed E-state index contributed by atoms with van der Waals surface area (Å²) in [5.74, 6) is -1.79. The number of aromatic hydroxyl groups is 1. The predicted molar refractivity (Wildman–Crippen MR) is 111 cm³/mol. The van der Waals surface area contributed by atoms with Gasteiger partial charge in [-0.05, 0) is 50.3 Å². The first-order valence-electron chi connectivity index (χ1n) is 8.83. The molecule has 0 aromatic heterocycles. The summed E-state index contributed by atoms with van der Waals surface area (Å²) in [5, 5.41) is 21.5. The van der Waals surface area contributed by atoms with Crippen LogP contribution < -0.4 is 5.32 Å². The highest BCUT2D eigenvalue weighted by atomic mass is 79.9. The number of carboxylic acid groups (broad SMARTS) is 1. The summed E-state index contributed by atoms with van der Waals surface area (Å²) < 4.78 is 5.60. The van der Waals surface area contributed by atoms with Crippen LogP contribution in [0.2, 0.25) is 0 Å². The number of ether oxygens (including phenoxy) is 1. The first-order valence-corrected chi connectivity index (χ1v) is 9.63. The number of halogens is 1. The number of fused-ring (bicyclic) bond motifs is 3. The van der Waals surface area contributed by atoms with Gasteiger partial charge in [-0.2, -0.15) is 0 Å². The fraction of sp³-hybridized carbons (Fsp3) is 0.0909. The molecule has 0 radical (unpaired) electrons. The van der Waals surface area contributed by atoms with Crippen molar-refractivity contribution in [2.75, 3.05) is 11.9 Å². The lowest BCUT2D eigenvalue weighted by Gasteiger charge is -2.15. The molecule has 1 aliphatic rings. The lowest BCUT2D eigenvalue weighted by atomic mass is 9.98. The minimum Gasteiger partial charge on any atom is -0.506 e. The number of amides is 1. The van der Waals surface area contributed by atoms with E-state index in [2.05, 4.69) is 33.4 Å². The lowest BCUT2D eigenvalue weighted by molar-refractivity contribution is 0.0693. The van der Waals surface area contributed by atoms with Gasteiger partial charge in [0.25, 0.3) is 0 Å². The van der Waals surface area contributed by atoms with Gasteiger partial charge in [0.1, 0.15) is 17.9 Å². The molecule has 0 atom stereocenters. The Kier molecular flexibility index (Phi) is 4.98. The average molecular weight is 454 g/mol. The summed E-state index contributed by atoms with van der Waals surface area (Å²) in [6.45, 7) is 0.144. The number of rotatable bonds is 4. The Bertz CT molecular complexity index is 1080. The van der Waals surface area contributed by atoms with Crippen LogP contribution in [0.3, 0.4) is 0 Å². The Morgan fingerprint density at radius 2 is 1.59 bits per heavy atom. The van der Waals surface area contributed by atoms with Gasteiger partial charge in [-0.15, -0.1) is 0 Å². The summed E-state index contributed by atoms with van der Waals surface area (Å²) in [5.41, 5.74) is 4.33. The Balaban J connectivity index is 1.51. The summed E-state index contributed by atoms with van der Waals surface area (Å²) in [6, 6.07) is 18.6. The number of phenols is 1. The van der Waals surface area contributed by atoms with Crippen LogP contribution in [0.1, 0.15) is 27.4 Å². The van der Waals surface area contributed by atoms with Crippen molar-refractivity contribution in [1.29, 1.82) is 0 Å². The molecule has 1 aliphatic carbocycles. The van der Waals surface area contributed by atoms with Crippen LogP contribution in [0.4, 0.5) is 10.5 Å². The number of nitrogens with one attached hydrogen (secondary N) is 1. The van der Waals surface area contributed by atoms with Gasteiger partial charge in [0.05, 0.1) is 4.47 Å². The number of hydrogen-bond acceptors (Lipinski definition) is 4. The van der Waals surface area contributed by atoms with Gasteiger partial charge in [-0.3, -0.25) is 5.32 Å². The van der Waals surface area contributed by atoms with Crippen molar-refractivity contribution in [2.24, 2.45) is 0 Å². The third-order valence-electron chi connectivity index (χ3n) is 4.88. The van der Waals surface area contributed by atoms with E-state index >= 15 is 0 Å². The second kappa shape index (κ2) is 7.60. The van der Waals surface area contributed by atoms with Gasteiger partial charge in [0.15, 0.2) is 0 Å². The Morgan fingerprint density at radius 3 is 2.17 bits per heavy atom. The average Bonchev–Trinajstić information content (AvgIpc) is 3.03. The number of hydrogen-bond donors (Lipinski definition) is 3. The van der Waals surface area contributed by atoms with Crippen molar-refractivity contribution < 1.29 is 24.5 Å². The van der Waals surface area contributed by atoms with Gasteiger partial charge in [0.2, 0.25) is 0 Å². The van der Waals surface area contributed by atoms with Crippen molar-refractivity contribution in [2.45, 2.75) is 5.92 Å². The maximum absolute atomic E-state index is 12.3. The molecular formula is C22H16BrNO5. The molecule has 7 heteroatoms. The van der Waals surface area contributed by atoms with E-state index in [9.17, 15) is 14.7 Å². The zero-order valence-corrected chi connectivity index (χ0v) is 16.6.